The van der Waals surface area contributed by atoms with Gasteiger partial charge in [-0.3, -0.25) is 4.98 Å². The van der Waals surface area contributed by atoms with E-state index in [1.54, 1.807) is 0 Å². The predicted molar refractivity (Wildman–Crippen MR) is 141 cm³/mol. The first-order valence-corrected chi connectivity index (χ1v) is 16.4. The van der Waals surface area contributed by atoms with Gasteiger partial charge in [0.2, 0.25) is 0 Å². The molecule has 0 radical (unpaired) electrons. The van der Waals surface area contributed by atoms with Crippen molar-refractivity contribution in [3.63, 3.8) is 0 Å². The number of hydrogen-bond donors (Lipinski definition) is 0. The van der Waals surface area contributed by atoms with Crippen LogP contribution >= 0.6 is 45.2 Å². The smallest absolute Gasteiger partial charge is 0.192 e. The molecule has 0 spiro atoms. The molecule has 1 aliphatic heterocycles. The molecule has 0 N–H and O–H groups in total. The van der Waals surface area contributed by atoms with Gasteiger partial charge in [0.15, 0.2) is 8.32 Å². The summed E-state index contributed by atoms with van der Waals surface area (Å²) in [7, 11) is -1.87. The summed E-state index contributed by atoms with van der Waals surface area (Å²) >= 11 is 5.13. The third-order valence-electron chi connectivity index (χ3n) is 7.07. The molecule has 1 aromatic rings. The van der Waals surface area contributed by atoms with E-state index in [1.807, 2.05) is 0 Å². The Bertz CT molecular complexity index is 752. The van der Waals surface area contributed by atoms with Gasteiger partial charge in [0, 0.05) is 44.1 Å². The molecule has 29 heavy (non-hydrogen) atoms. The molecule has 3 rings (SSSR count). The Morgan fingerprint density at radius 2 is 1.83 bits per heavy atom. The van der Waals surface area contributed by atoms with E-state index in [0.29, 0.717) is 5.92 Å². The second-order valence-corrected chi connectivity index (χ2v) is 17.7. The number of hydrogen-bond acceptors (Lipinski definition) is 3. The van der Waals surface area contributed by atoms with E-state index in [4.69, 9.17) is 14.1 Å². The number of aromatic nitrogens is 1. The van der Waals surface area contributed by atoms with Crippen molar-refractivity contribution in [2.24, 2.45) is 5.41 Å². The van der Waals surface area contributed by atoms with Crippen molar-refractivity contribution < 1.29 is 9.16 Å². The lowest BCUT2D eigenvalue weighted by molar-refractivity contribution is 0.0836. The summed E-state index contributed by atoms with van der Waals surface area (Å²) in [5.41, 5.74) is 5.70. The van der Waals surface area contributed by atoms with Crippen molar-refractivity contribution in [3.8, 4) is 0 Å². The van der Waals surface area contributed by atoms with Gasteiger partial charge in [0.05, 0.1) is 6.10 Å². The third-order valence-corrected chi connectivity index (χ3v) is 13.5. The fourth-order valence-corrected chi connectivity index (χ4v) is 8.23. The number of ether oxygens (including phenoxy) is 1. The van der Waals surface area contributed by atoms with Gasteiger partial charge < -0.3 is 9.16 Å². The van der Waals surface area contributed by atoms with Gasteiger partial charge in [-0.2, -0.15) is 0 Å². The fourth-order valence-electron chi connectivity index (χ4n) is 4.33. The molecular weight excluding hydrogens is 604 g/mol. The van der Waals surface area contributed by atoms with Crippen LogP contribution in [-0.2, 0) is 20.0 Å². The monoisotopic (exact) mass is 641 g/mol. The molecule has 3 nitrogen and oxygen atoms in total. The number of pyridine rings is 1. The summed E-state index contributed by atoms with van der Waals surface area (Å²) in [5, 5.41) is 0.210. The Morgan fingerprint density at radius 1 is 1.21 bits per heavy atom. The first-order valence-electron chi connectivity index (χ1n) is 10.9. The lowest BCUT2D eigenvalue weighted by Gasteiger charge is -2.44. The Hall–Kier alpha value is 0.747. The maximum Gasteiger partial charge on any atom is 0.192 e. The zero-order chi connectivity index (χ0) is 21.6. The summed E-state index contributed by atoms with van der Waals surface area (Å²) in [6, 6.07) is 0. The second-order valence-electron chi connectivity index (χ2n) is 11.1. The SMILES string of the molecule is CC1(C)Cc2nc(C3CCOCC3)c(CI)c(I)c2C(O[Si](C)(C)C(C)(C)C)C1. The van der Waals surface area contributed by atoms with Gasteiger partial charge in [-0.1, -0.05) is 57.2 Å². The highest BCUT2D eigenvalue weighted by Gasteiger charge is 2.44. The van der Waals surface area contributed by atoms with E-state index >= 15 is 0 Å². The third kappa shape index (κ3) is 5.22. The maximum atomic E-state index is 7.04. The molecule has 2 heterocycles. The maximum absolute atomic E-state index is 7.04. The molecule has 1 fully saturated rings. The van der Waals surface area contributed by atoms with E-state index in [1.165, 1.54) is 26.1 Å². The molecule has 1 aliphatic carbocycles. The van der Waals surface area contributed by atoms with Crippen LogP contribution < -0.4 is 0 Å². The largest absolute Gasteiger partial charge is 0.410 e. The van der Waals surface area contributed by atoms with Crippen LogP contribution in [0.5, 0.6) is 0 Å². The van der Waals surface area contributed by atoms with Crippen molar-refractivity contribution >= 4 is 53.5 Å². The molecule has 0 amide bonds. The minimum atomic E-state index is -1.87. The van der Waals surface area contributed by atoms with Crippen molar-refractivity contribution in [1.29, 1.82) is 0 Å². The Labute approximate surface area is 205 Å². The zero-order valence-electron chi connectivity index (χ0n) is 19.1. The normalized spacial score (nSPS) is 23.1. The Kier molecular flexibility index (Phi) is 7.52. The summed E-state index contributed by atoms with van der Waals surface area (Å²) in [4.78, 5) is 5.38. The van der Waals surface area contributed by atoms with Crippen molar-refractivity contribution in [3.05, 3.63) is 26.1 Å². The van der Waals surface area contributed by atoms with Crippen LogP contribution in [0, 0.1) is 8.99 Å². The van der Waals surface area contributed by atoms with Crippen LogP contribution in [0.1, 0.15) is 88.4 Å². The van der Waals surface area contributed by atoms with E-state index in [2.05, 4.69) is 92.9 Å². The summed E-state index contributed by atoms with van der Waals surface area (Å²) in [6.45, 7) is 18.3. The first-order chi connectivity index (χ1) is 13.4. The minimum absolute atomic E-state index is 0.166. The van der Waals surface area contributed by atoms with E-state index < -0.39 is 8.32 Å². The number of alkyl halides is 1. The van der Waals surface area contributed by atoms with E-state index in [-0.39, 0.29) is 16.6 Å². The molecule has 164 valence electrons. The average Bonchev–Trinajstić information content (AvgIpc) is 2.59. The van der Waals surface area contributed by atoms with Crippen LogP contribution in [0.2, 0.25) is 18.1 Å². The van der Waals surface area contributed by atoms with Crippen LogP contribution in [-0.4, -0.2) is 26.5 Å². The van der Waals surface area contributed by atoms with Crippen molar-refractivity contribution in [2.45, 2.75) is 94.9 Å². The van der Waals surface area contributed by atoms with Gasteiger partial charge in [0.1, 0.15) is 0 Å². The van der Waals surface area contributed by atoms with Gasteiger partial charge in [-0.15, -0.1) is 0 Å². The van der Waals surface area contributed by atoms with E-state index in [9.17, 15) is 0 Å². The summed E-state index contributed by atoms with van der Waals surface area (Å²) in [5.74, 6) is 0.539. The molecule has 1 atom stereocenters. The van der Waals surface area contributed by atoms with Crippen LogP contribution in [0.4, 0.5) is 0 Å². The average molecular weight is 641 g/mol. The van der Waals surface area contributed by atoms with Crippen LogP contribution in [0.15, 0.2) is 0 Å². The summed E-state index contributed by atoms with van der Waals surface area (Å²) < 4.78 is 15.1. The quantitative estimate of drug-likeness (QED) is 0.193. The van der Waals surface area contributed by atoms with Crippen LogP contribution in [0.3, 0.4) is 0 Å². The number of fused-ring (bicyclic) bond motifs is 1. The number of rotatable bonds is 4. The molecular formula is C23H37I2NO2Si. The van der Waals surface area contributed by atoms with Gasteiger partial charge in [0.25, 0.3) is 0 Å². The van der Waals surface area contributed by atoms with Gasteiger partial charge >= 0.3 is 0 Å². The molecule has 1 saturated heterocycles. The zero-order valence-corrected chi connectivity index (χ0v) is 24.4. The standard InChI is InChI=1S/C23H37I2NO2Si/c1-22(2,3)29(6,7)28-18-13-23(4,5)12-17-19(18)20(25)16(14-24)21(26-17)15-8-10-27-11-9-15/h15,18H,8-14H2,1-7H3. The molecule has 0 saturated carbocycles. The lowest BCUT2D eigenvalue weighted by atomic mass is 9.74. The minimum Gasteiger partial charge on any atom is -0.410 e. The highest BCUT2D eigenvalue weighted by atomic mass is 127. The molecule has 6 heteroatoms. The van der Waals surface area contributed by atoms with Gasteiger partial charge in [-0.05, 0) is 77.4 Å². The highest BCUT2D eigenvalue weighted by Crippen LogP contribution is 2.49. The second kappa shape index (κ2) is 8.94. The summed E-state index contributed by atoms with van der Waals surface area (Å²) in [6.07, 6.45) is 4.49. The highest BCUT2D eigenvalue weighted by molar-refractivity contribution is 14.1. The Balaban J connectivity index is 2.09. The number of nitrogens with zero attached hydrogens (tertiary/aromatic N) is 1. The van der Waals surface area contributed by atoms with Crippen molar-refractivity contribution in [2.75, 3.05) is 13.2 Å². The van der Waals surface area contributed by atoms with Crippen LogP contribution in [0.25, 0.3) is 0 Å². The molecule has 0 aromatic carbocycles. The molecule has 0 bridgehead atoms. The van der Waals surface area contributed by atoms with Gasteiger partial charge in [-0.25, -0.2) is 0 Å². The Morgan fingerprint density at radius 3 is 2.38 bits per heavy atom. The molecule has 1 unspecified atom stereocenters. The fraction of sp³-hybridized carbons (Fsp3) is 0.783. The molecule has 1 aromatic heterocycles. The van der Waals surface area contributed by atoms with E-state index in [0.717, 1.165) is 43.3 Å². The van der Waals surface area contributed by atoms with Crippen molar-refractivity contribution in [1.82, 2.24) is 4.98 Å². The first kappa shape index (κ1) is 24.4. The topological polar surface area (TPSA) is 31.4 Å². The number of halogens is 2. The predicted octanol–water partition coefficient (Wildman–Crippen LogP) is 7.55. The lowest BCUT2D eigenvalue weighted by Crippen LogP contribution is -2.44. The molecule has 2 aliphatic rings.